The van der Waals surface area contributed by atoms with Crippen LogP contribution in [0.3, 0.4) is 0 Å². The van der Waals surface area contributed by atoms with Crippen LogP contribution in [0, 0.1) is 5.92 Å². The number of likely N-dealkylation sites (tertiary alicyclic amines) is 1. The zero-order valence-corrected chi connectivity index (χ0v) is 13.2. The van der Waals surface area contributed by atoms with Crippen LogP contribution < -0.4 is 0 Å². The minimum atomic E-state index is -0.995. The van der Waals surface area contributed by atoms with E-state index >= 15 is 0 Å². The summed E-state index contributed by atoms with van der Waals surface area (Å²) in [5.74, 6) is -0.0128. The fourth-order valence-corrected chi connectivity index (χ4v) is 3.14. The third kappa shape index (κ3) is 3.30. The van der Waals surface area contributed by atoms with Gasteiger partial charge >= 0.3 is 6.09 Å². The van der Waals surface area contributed by atoms with Crippen molar-refractivity contribution in [1.29, 1.82) is 0 Å². The fraction of sp³-hybridized carbons (Fsp3) is 0.714. The summed E-state index contributed by atoms with van der Waals surface area (Å²) in [6.07, 6.45) is 2.14. The number of ether oxygens (including phenoxy) is 1. The molecule has 1 aliphatic rings. The van der Waals surface area contributed by atoms with Crippen molar-refractivity contribution < 1.29 is 14.6 Å². The summed E-state index contributed by atoms with van der Waals surface area (Å²) < 4.78 is 5.37. The van der Waals surface area contributed by atoms with Gasteiger partial charge in [-0.15, -0.1) is 11.3 Å². The largest absolute Gasteiger partial charge is 0.444 e. The first-order chi connectivity index (χ1) is 9.20. The number of thiazole rings is 1. The lowest BCUT2D eigenvalue weighted by atomic mass is 9.89. The van der Waals surface area contributed by atoms with Crippen molar-refractivity contribution >= 4 is 17.4 Å². The maximum absolute atomic E-state index is 12.0. The van der Waals surface area contributed by atoms with E-state index in [0.717, 1.165) is 6.42 Å². The molecule has 1 amide bonds. The summed E-state index contributed by atoms with van der Waals surface area (Å²) in [6.45, 7) is 8.44. The smallest absolute Gasteiger partial charge is 0.410 e. The van der Waals surface area contributed by atoms with Gasteiger partial charge in [-0.05, 0) is 34.1 Å². The number of carbonyl (C=O) groups is 1. The van der Waals surface area contributed by atoms with Gasteiger partial charge in [0, 0.05) is 30.6 Å². The standard InChI is InChI=1S/C14H22N2O3S/c1-13(2,3)19-12(17)16-7-5-10(9-16)14(4,18)11-15-6-8-20-11/h6,8,10,18H,5,7,9H2,1-4H3. The normalized spacial score (nSPS) is 22.6. The minimum Gasteiger partial charge on any atom is -0.444 e. The molecule has 1 N–H and O–H groups in total. The first kappa shape index (κ1) is 15.3. The quantitative estimate of drug-likeness (QED) is 0.911. The molecule has 1 fully saturated rings. The number of nitrogens with zero attached hydrogens (tertiary/aromatic N) is 2. The fourth-order valence-electron chi connectivity index (χ4n) is 2.36. The summed E-state index contributed by atoms with van der Waals surface area (Å²) in [7, 11) is 0. The molecule has 20 heavy (non-hydrogen) atoms. The lowest BCUT2D eigenvalue weighted by Gasteiger charge is -2.28. The number of hydrogen-bond acceptors (Lipinski definition) is 5. The van der Waals surface area contributed by atoms with Crippen molar-refractivity contribution in [2.75, 3.05) is 13.1 Å². The number of aromatic nitrogens is 1. The third-order valence-electron chi connectivity index (χ3n) is 3.50. The molecule has 6 heteroatoms. The number of rotatable bonds is 2. The average molecular weight is 298 g/mol. The number of amides is 1. The van der Waals surface area contributed by atoms with Crippen LogP contribution >= 0.6 is 11.3 Å². The van der Waals surface area contributed by atoms with Crippen LogP contribution in [0.1, 0.15) is 39.1 Å². The van der Waals surface area contributed by atoms with E-state index < -0.39 is 11.2 Å². The van der Waals surface area contributed by atoms with E-state index in [9.17, 15) is 9.90 Å². The molecule has 2 unspecified atom stereocenters. The molecule has 1 saturated heterocycles. The molecule has 1 aromatic rings. The molecule has 1 aliphatic heterocycles. The average Bonchev–Trinajstić information content (AvgIpc) is 2.99. The van der Waals surface area contributed by atoms with E-state index in [1.165, 1.54) is 11.3 Å². The zero-order chi connectivity index (χ0) is 15.0. The highest BCUT2D eigenvalue weighted by atomic mass is 32.1. The summed E-state index contributed by atoms with van der Waals surface area (Å²) >= 11 is 1.44. The lowest BCUT2D eigenvalue weighted by molar-refractivity contribution is -0.00599. The van der Waals surface area contributed by atoms with Gasteiger partial charge < -0.3 is 14.7 Å². The van der Waals surface area contributed by atoms with E-state index in [0.29, 0.717) is 18.1 Å². The van der Waals surface area contributed by atoms with Gasteiger partial charge in [0.2, 0.25) is 0 Å². The van der Waals surface area contributed by atoms with Gasteiger partial charge in [-0.3, -0.25) is 0 Å². The van der Waals surface area contributed by atoms with Gasteiger partial charge in [0.05, 0.1) is 0 Å². The summed E-state index contributed by atoms with van der Waals surface area (Å²) in [6, 6.07) is 0. The summed E-state index contributed by atoms with van der Waals surface area (Å²) in [5, 5.41) is 13.2. The maximum atomic E-state index is 12.0. The predicted molar refractivity (Wildman–Crippen MR) is 77.6 cm³/mol. The van der Waals surface area contributed by atoms with E-state index in [1.54, 1.807) is 18.0 Å². The Labute approximate surface area is 123 Å². The number of aliphatic hydroxyl groups is 1. The van der Waals surface area contributed by atoms with Crippen LogP contribution in [0.15, 0.2) is 11.6 Å². The molecule has 2 heterocycles. The van der Waals surface area contributed by atoms with Gasteiger partial charge in [0.25, 0.3) is 0 Å². The topological polar surface area (TPSA) is 62.7 Å². The molecule has 0 radical (unpaired) electrons. The summed E-state index contributed by atoms with van der Waals surface area (Å²) in [5.41, 5.74) is -1.49. The van der Waals surface area contributed by atoms with Crippen molar-refractivity contribution in [3.05, 3.63) is 16.6 Å². The number of carbonyl (C=O) groups excluding carboxylic acids is 1. The molecule has 5 nitrogen and oxygen atoms in total. The zero-order valence-electron chi connectivity index (χ0n) is 12.4. The Kier molecular flexibility index (Phi) is 4.07. The molecule has 0 bridgehead atoms. The van der Waals surface area contributed by atoms with Crippen LogP contribution in [-0.4, -0.2) is 39.8 Å². The Morgan fingerprint density at radius 3 is 2.75 bits per heavy atom. The van der Waals surface area contributed by atoms with E-state index in [-0.39, 0.29) is 12.0 Å². The van der Waals surface area contributed by atoms with Crippen LogP contribution in [-0.2, 0) is 10.3 Å². The van der Waals surface area contributed by atoms with E-state index in [2.05, 4.69) is 4.98 Å². The highest BCUT2D eigenvalue weighted by molar-refractivity contribution is 7.09. The van der Waals surface area contributed by atoms with E-state index in [4.69, 9.17) is 4.74 Å². The Balaban J connectivity index is 2.00. The van der Waals surface area contributed by atoms with Gasteiger partial charge in [0.15, 0.2) is 0 Å². The van der Waals surface area contributed by atoms with E-state index in [1.807, 2.05) is 26.2 Å². The van der Waals surface area contributed by atoms with Crippen LogP contribution in [0.5, 0.6) is 0 Å². The summed E-state index contributed by atoms with van der Waals surface area (Å²) in [4.78, 5) is 17.9. The molecule has 112 valence electrons. The molecule has 0 aromatic carbocycles. The van der Waals surface area contributed by atoms with Crippen molar-refractivity contribution in [2.24, 2.45) is 5.92 Å². The highest BCUT2D eigenvalue weighted by Crippen LogP contribution is 2.36. The molecule has 0 aliphatic carbocycles. The van der Waals surface area contributed by atoms with Crippen LogP contribution in [0.25, 0.3) is 0 Å². The monoisotopic (exact) mass is 298 g/mol. The Morgan fingerprint density at radius 1 is 1.50 bits per heavy atom. The second-order valence-corrected chi connectivity index (χ2v) is 7.29. The molecule has 0 spiro atoms. The van der Waals surface area contributed by atoms with Gasteiger partial charge in [0.1, 0.15) is 16.2 Å². The molecular formula is C14H22N2O3S. The first-order valence-corrected chi connectivity index (χ1v) is 7.68. The highest BCUT2D eigenvalue weighted by Gasteiger charge is 2.42. The minimum absolute atomic E-state index is 0.0128. The third-order valence-corrected chi connectivity index (χ3v) is 4.50. The van der Waals surface area contributed by atoms with Gasteiger partial charge in [-0.1, -0.05) is 0 Å². The maximum Gasteiger partial charge on any atom is 0.410 e. The van der Waals surface area contributed by atoms with Crippen molar-refractivity contribution in [3.8, 4) is 0 Å². The predicted octanol–water partition coefficient (Wildman–Crippen LogP) is 2.61. The molecule has 1 aromatic heterocycles. The second kappa shape index (κ2) is 5.33. The van der Waals surface area contributed by atoms with Crippen LogP contribution in [0.2, 0.25) is 0 Å². The van der Waals surface area contributed by atoms with Crippen molar-refractivity contribution in [2.45, 2.75) is 45.3 Å². The molecular weight excluding hydrogens is 276 g/mol. The van der Waals surface area contributed by atoms with Gasteiger partial charge in [-0.2, -0.15) is 0 Å². The Morgan fingerprint density at radius 2 is 2.20 bits per heavy atom. The lowest BCUT2D eigenvalue weighted by Crippen LogP contribution is -2.38. The van der Waals surface area contributed by atoms with Gasteiger partial charge in [-0.25, -0.2) is 9.78 Å². The SMILES string of the molecule is CC(C)(C)OC(=O)N1CCC(C(C)(O)c2nccs2)C1. The number of hydrogen-bond donors (Lipinski definition) is 1. The Hall–Kier alpha value is -1.14. The van der Waals surface area contributed by atoms with Crippen molar-refractivity contribution in [1.82, 2.24) is 9.88 Å². The Bertz CT molecular complexity index is 465. The second-order valence-electron chi connectivity index (χ2n) is 6.40. The first-order valence-electron chi connectivity index (χ1n) is 6.80. The van der Waals surface area contributed by atoms with Crippen LogP contribution in [0.4, 0.5) is 4.79 Å². The molecule has 0 saturated carbocycles. The molecule has 2 rings (SSSR count). The molecule has 2 atom stereocenters. The van der Waals surface area contributed by atoms with Crippen molar-refractivity contribution in [3.63, 3.8) is 0 Å².